The van der Waals surface area contributed by atoms with Gasteiger partial charge in [-0.2, -0.15) is 0 Å². The van der Waals surface area contributed by atoms with Crippen molar-refractivity contribution < 1.29 is 14.3 Å². The first kappa shape index (κ1) is 12.8. The Balaban J connectivity index is 2.12. The standard InChI is InChI=1S/C11H14ClNO3/c12-6-7-15-8-9-16-11(14)13-10-4-2-1-3-5-10/h1-5H,6-9H2,(H,13,14). The molecule has 1 aromatic carbocycles. The van der Waals surface area contributed by atoms with Gasteiger partial charge in [-0.25, -0.2) is 4.79 Å². The van der Waals surface area contributed by atoms with E-state index in [4.69, 9.17) is 21.1 Å². The second-order valence-electron chi connectivity index (χ2n) is 2.93. The van der Waals surface area contributed by atoms with Crippen LogP contribution in [0.25, 0.3) is 0 Å². The minimum absolute atomic E-state index is 0.218. The molecule has 0 radical (unpaired) electrons. The zero-order valence-electron chi connectivity index (χ0n) is 8.82. The first-order chi connectivity index (χ1) is 7.83. The maximum absolute atomic E-state index is 11.2. The molecule has 0 saturated carbocycles. The number of amides is 1. The third-order valence-corrected chi connectivity index (χ3v) is 1.86. The lowest BCUT2D eigenvalue weighted by Gasteiger charge is -2.06. The summed E-state index contributed by atoms with van der Waals surface area (Å²) in [6.45, 7) is 1.04. The van der Waals surface area contributed by atoms with Crippen LogP contribution in [0, 0.1) is 0 Å². The van der Waals surface area contributed by atoms with Crippen molar-refractivity contribution in [2.75, 3.05) is 31.0 Å². The van der Waals surface area contributed by atoms with Crippen molar-refractivity contribution in [1.82, 2.24) is 0 Å². The van der Waals surface area contributed by atoms with Crippen molar-refractivity contribution in [2.45, 2.75) is 0 Å². The van der Waals surface area contributed by atoms with Crippen LogP contribution in [-0.2, 0) is 9.47 Å². The number of anilines is 1. The molecular formula is C11H14ClNO3. The summed E-state index contributed by atoms with van der Waals surface area (Å²) in [6, 6.07) is 9.10. The Morgan fingerprint density at radius 1 is 1.19 bits per heavy atom. The summed E-state index contributed by atoms with van der Waals surface area (Å²) in [6.07, 6.45) is -0.485. The largest absolute Gasteiger partial charge is 0.447 e. The Morgan fingerprint density at radius 2 is 1.94 bits per heavy atom. The van der Waals surface area contributed by atoms with E-state index in [0.29, 0.717) is 24.8 Å². The molecule has 0 spiro atoms. The van der Waals surface area contributed by atoms with Crippen molar-refractivity contribution in [2.24, 2.45) is 0 Å². The lowest BCUT2D eigenvalue weighted by atomic mass is 10.3. The number of hydrogen-bond donors (Lipinski definition) is 1. The van der Waals surface area contributed by atoms with Gasteiger partial charge in [-0.15, -0.1) is 11.6 Å². The molecular weight excluding hydrogens is 230 g/mol. The Bertz CT molecular complexity index is 305. The summed E-state index contributed by atoms with van der Waals surface area (Å²) >= 11 is 5.41. The number of rotatable bonds is 6. The number of ether oxygens (including phenoxy) is 2. The van der Waals surface area contributed by atoms with Crippen LogP contribution in [-0.4, -0.2) is 31.8 Å². The number of nitrogens with one attached hydrogen (secondary N) is 1. The normalized spacial score (nSPS) is 9.81. The van der Waals surface area contributed by atoms with E-state index in [-0.39, 0.29) is 6.61 Å². The van der Waals surface area contributed by atoms with Crippen molar-refractivity contribution in [3.63, 3.8) is 0 Å². The highest BCUT2D eigenvalue weighted by Gasteiger charge is 2.01. The van der Waals surface area contributed by atoms with Gasteiger partial charge in [0.1, 0.15) is 6.61 Å². The average molecular weight is 244 g/mol. The minimum Gasteiger partial charge on any atom is -0.447 e. The van der Waals surface area contributed by atoms with E-state index in [0.717, 1.165) is 0 Å². The SMILES string of the molecule is O=C(Nc1ccccc1)OCCOCCCl. The minimum atomic E-state index is -0.485. The number of halogens is 1. The fourth-order valence-electron chi connectivity index (χ4n) is 1.03. The Hall–Kier alpha value is -1.26. The molecule has 0 unspecified atom stereocenters. The number of para-hydroxylation sites is 1. The summed E-state index contributed by atoms with van der Waals surface area (Å²) in [5.41, 5.74) is 0.703. The third-order valence-electron chi connectivity index (χ3n) is 1.70. The summed E-state index contributed by atoms with van der Waals surface area (Å²) in [7, 11) is 0. The maximum Gasteiger partial charge on any atom is 0.411 e. The number of hydrogen-bond acceptors (Lipinski definition) is 3. The van der Waals surface area contributed by atoms with Gasteiger partial charge in [-0.05, 0) is 12.1 Å². The fourth-order valence-corrected chi connectivity index (χ4v) is 1.13. The van der Waals surface area contributed by atoms with E-state index in [1.165, 1.54) is 0 Å². The van der Waals surface area contributed by atoms with Crippen LogP contribution in [0.15, 0.2) is 30.3 Å². The second-order valence-corrected chi connectivity index (χ2v) is 3.31. The Kier molecular flexibility index (Phi) is 6.37. The lowest BCUT2D eigenvalue weighted by Crippen LogP contribution is -2.17. The molecule has 4 nitrogen and oxygen atoms in total. The van der Waals surface area contributed by atoms with E-state index in [1.807, 2.05) is 18.2 Å². The molecule has 0 aliphatic heterocycles. The van der Waals surface area contributed by atoms with E-state index in [9.17, 15) is 4.79 Å². The number of benzene rings is 1. The highest BCUT2D eigenvalue weighted by Crippen LogP contribution is 2.04. The fraction of sp³-hybridized carbons (Fsp3) is 0.364. The zero-order valence-corrected chi connectivity index (χ0v) is 9.57. The monoisotopic (exact) mass is 243 g/mol. The Labute approximate surface area is 99.5 Å². The molecule has 0 heterocycles. The molecule has 1 aromatic rings. The molecule has 0 fully saturated rings. The summed E-state index contributed by atoms with van der Waals surface area (Å²) < 4.78 is 9.92. The van der Waals surface area contributed by atoms with Gasteiger partial charge in [0.05, 0.1) is 13.2 Å². The second kappa shape index (κ2) is 7.96. The quantitative estimate of drug-likeness (QED) is 0.617. The van der Waals surface area contributed by atoms with Gasteiger partial charge in [0, 0.05) is 11.6 Å². The molecule has 1 amide bonds. The Morgan fingerprint density at radius 3 is 2.62 bits per heavy atom. The summed E-state index contributed by atoms with van der Waals surface area (Å²) in [5.74, 6) is 0.441. The van der Waals surface area contributed by atoms with Crippen molar-refractivity contribution in [3.05, 3.63) is 30.3 Å². The molecule has 5 heteroatoms. The van der Waals surface area contributed by atoms with E-state index < -0.39 is 6.09 Å². The summed E-state index contributed by atoms with van der Waals surface area (Å²) in [4.78, 5) is 11.2. The molecule has 0 atom stereocenters. The van der Waals surface area contributed by atoms with Gasteiger partial charge in [0.25, 0.3) is 0 Å². The van der Waals surface area contributed by atoms with Gasteiger partial charge in [0.2, 0.25) is 0 Å². The number of carbonyl (C=O) groups excluding carboxylic acids is 1. The van der Waals surface area contributed by atoms with Gasteiger partial charge in [-0.3, -0.25) is 5.32 Å². The van der Waals surface area contributed by atoms with Gasteiger partial charge in [0.15, 0.2) is 0 Å². The first-order valence-corrected chi connectivity index (χ1v) is 5.49. The van der Waals surface area contributed by atoms with Crippen LogP contribution in [0.5, 0.6) is 0 Å². The molecule has 1 N–H and O–H groups in total. The van der Waals surface area contributed by atoms with Crippen LogP contribution in [0.4, 0.5) is 10.5 Å². The summed E-state index contributed by atoms with van der Waals surface area (Å²) in [5, 5.41) is 2.59. The molecule has 0 aromatic heterocycles. The number of alkyl halides is 1. The lowest BCUT2D eigenvalue weighted by molar-refractivity contribution is 0.0859. The van der Waals surface area contributed by atoms with E-state index in [1.54, 1.807) is 12.1 Å². The number of carbonyl (C=O) groups is 1. The molecule has 0 aliphatic rings. The predicted octanol–water partition coefficient (Wildman–Crippen LogP) is 2.49. The molecule has 1 rings (SSSR count). The van der Waals surface area contributed by atoms with Crippen molar-refractivity contribution in [3.8, 4) is 0 Å². The van der Waals surface area contributed by atoms with Crippen LogP contribution in [0.2, 0.25) is 0 Å². The molecule has 88 valence electrons. The third kappa shape index (κ3) is 5.58. The average Bonchev–Trinajstić information content (AvgIpc) is 2.30. The van der Waals surface area contributed by atoms with Crippen molar-refractivity contribution >= 4 is 23.4 Å². The van der Waals surface area contributed by atoms with Gasteiger partial charge in [-0.1, -0.05) is 18.2 Å². The molecule has 0 saturated heterocycles. The zero-order chi connectivity index (χ0) is 11.6. The smallest absolute Gasteiger partial charge is 0.411 e. The van der Waals surface area contributed by atoms with E-state index in [2.05, 4.69) is 5.32 Å². The predicted molar refractivity (Wildman–Crippen MR) is 63.0 cm³/mol. The molecule has 0 bridgehead atoms. The van der Waals surface area contributed by atoms with Crippen LogP contribution < -0.4 is 5.32 Å². The molecule has 16 heavy (non-hydrogen) atoms. The topological polar surface area (TPSA) is 47.6 Å². The van der Waals surface area contributed by atoms with Crippen LogP contribution >= 0.6 is 11.6 Å². The van der Waals surface area contributed by atoms with Gasteiger partial charge >= 0.3 is 6.09 Å². The van der Waals surface area contributed by atoms with Crippen LogP contribution in [0.1, 0.15) is 0 Å². The maximum atomic E-state index is 11.2. The van der Waals surface area contributed by atoms with Crippen molar-refractivity contribution in [1.29, 1.82) is 0 Å². The van der Waals surface area contributed by atoms with Gasteiger partial charge < -0.3 is 9.47 Å². The highest BCUT2D eigenvalue weighted by atomic mass is 35.5. The highest BCUT2D eigenvalue weighted by molar-refractivity contribution is 6.17. The first-order valence-electron chi connectivity index (χ1n) is 4.95. The molecule has 0 aliphatic carbocycles. The van der Waals surface area contributed by atoms with Crippen LogP contribution in [0.3, 0.4) is 0 Å². The van der Waals surface area contributed by atoms with E-state index >= 15 is 0 Å².